The molecule has 0 saturated carbocycles. The molecular formula is C28H41F3N5O4S+. The van der Waals surface area contributed by atoms with Gasteiger partial charge < -0.3 is 9.80 Å². The second-order valence-corrected chi connectivity index (χ2v) is 14.4. The third-order valence-corrected chi connectivity index (χ3v) is 11.7. The summed E-state index contributed by atoms with van der Waals surface area (Å²) in [6.45, 7) is 3.74. The van der Waals surface area contributed by atoms with Crippen LogP contribution in [0.3, 0.4) is 0 Å². The van der Waals surface area contributed by atoms with Gasteiger partial charge in [-0.05, 0) is 80.5 Å². The van der Waals surface area contributed by atoms with E-state index in [1.165, 1.54) is 14.2 Å². The maximum Gasteiger partial charge on any atom is 0.460 e. The molecule has 1 aromatic rings. The number of rotatable bonds is 5. The second-order valence-electron chi connectivity index (χ2n) is 12.5. The van der Waals surface area contributed by atoms with Gasteiger partial charge in [0.05, 0.1) is 16.3 Å². The summed E-state index contributed by atoms with van der Waals surface area (Å²) < 4.78 is 70.6. The van der Waals surface area contributed by atoms with Gasteiger partial charge in [0.1, 0.15) is 16.8 Å². The number of benzene rings is 1. The van der Waals surface area contributed by atoms with Crippen molar-refractivity contribution in [1.82, 2.24) is 14.2 Å². The van der Waals surface area contributed by atoms with Crippen LogP contribution in [-0.4, -0.2) is 98.5 Å². The first-order chi connectivity index (χ1) is 19.3. The van der Waals surface area contributed by atoms with Gasteiger partial charge in [0.25, 0.3) is 0 Å². The van der Waals surface area contributed by atoms with E-state index in [-0.39, 0.29) is 28.1 Å². The van der Waals surface area contributed by atoms with Crippen LogP contribution in [0.1, 0.15) is 45.4 Å². The predicted octanol–water partition coefficient (Wildman–Crippen LogP) is 3.75. The van der Waals surface area contributed by atoms with Crippen molar-refractivity contribution >= 4 is 21.6 Å². The van der Waals surface area contributed by atoms with E-state index in [1.807, 2.05) is 19.0 Å². The number of likely N-dealkylation sites (tertiary alicyclic amines) is 1. The van der Waals surface area contributed by atoms with Crippen LogP contribution in [0, 0.1) is 28.6 Å². The van der Waals surface area contributed by atoms with Gasteiger partial charge in [0.2, 0.25) is 15.9 Å². The summed E-state index contributed by atoms with van der Waals surface area (Å²) in [5, 5.41) is 1.24. The van der Waals surface area contributed by atoms with Gasteiger partial charge in [-0.1, -0.05) is 6.92 Å². The summed E-state index contributed by atoms with van der Waals surface area (Å²) in [4.78, 5) is 30.2. The highest BCUT2D eigenvalue weighted by molar-refractivity contribution is 7.89. The molecule has 0 bridgehead atoms. The molecule has 0 radical (unpaired) electrons. The predicted molar refractivity (Wildman–Crippen MR) is 147 cm³/mol. The summed E-state index contributed by atoms with van der Waals surface area (Å²) >= 11 is 0. The van der Waals surface area contributed by atoms with E-state index in [0.29, 0.717) is 57.8 Å². The summed E-state index contributed by atoms with van der Waals surface area (Å²) in [5.74, 6) is -1.45. The Hall–Kier alpha value is -2.41. The highest BCUT2D eigenvalue weighted by atomic mass is 32.2. The van der Waals surface area contributed by atoms with Crippen molar-refractivity contribution in [2.24, 2.45) is 23.7 Å². The molecule has 13 heteroatoms. The lowest BCUT2D eigenvalue weighted by Gasteiger charge is -2.40. The van der Waals surface area contributed by atoms with Gasteiger partial charge in [0, 0.05) is 46.0 Å². The smallest absolute Gasteiger partial charge is 0.378 e. The zero-order chi connectivity index (χ0) is 29.7. The van der Waals surface area contributed by atoms with Crippen molar-refractivity contribution in [3.63, 3.8) is 0 Å². The van der Waals surface area contributed by atoms with Crippen molar-refractivity contribution in [3.8, 4) is 0 Å². The largest absolute Gasteiger partial charge is 0.460 e. The van der Waals surface area contributed by atoms with Crippen molar-refractivity contribution in [3.05, 3.63) is 29.2 Å². The van der Waals surface area contributed by atoms with Crippen LogP contribution in [0.2, 0.25) is 0 Å². The number of sulfonamides is 1. The van der Waals surface area contributed by atoms with Crippen LogP contribution in [-0.2, 0) is 14.8 Å². The summed E-state index contributed by atoms with van der Waals surface area (Å²) in [6.07, 6.45) is -1.26. The SMILES string of the molecule is CC1CCN(C(=O)C2C3CC(C4CCN(S(=O)(=O)c5ccc(N(C)C)cc5)CC4)CCN3[N+](=O)C2C(F)(F)F)CC1. The lowest BCUT2D eigenvalue weighted by atomic mass is 9.74. The first kappa shape index (κ1) is 30.1. The Morgan fingerprint density at radius 3 is 2.07 bits per heavy atom. The number of nitroso groups, excluding NO2 is 1. The van der Waals surface area contributed by atoms with E-state index in [0.717, 1.165) is 18.5 Å². The molecule has 4 atom stereocenters. The number of anilines is 1. The van der Waals surface area contributed by atoms with Crippen molar-refractivity contribution < 1.29 is 31.3 Å². The minimum absolute atomic E-state index is 0.0255. The average Bonchev–Trinajstić information content (AvgIpc) is 3.25. The standard InChI is InChI=1S/C28H41F3N5O4S/c1-19-8-13-33(14-9-19)27(37)25-24-18-21(12-17-35(24)36(38)26(25)28(29,30)31)20-10-15-34(16-11-20)41(39,40)23-6-4-22(5-7-23)32(2)3/h4-7,19-21,24-26H,8-18H2,1-3H3/q+1. The molecule has 0 N–H and O–H groups in total. The molecule has 1 amide bonds. The van der Waals surface area contributed by atoms with Crippen molar-refractivity contribution in [2.75, 3.05) is 51.7 Å². The second kappa shape index (κ2) is 11.3. The lowest BCUT2D eigenvalue weighted by molar-refractivity contribution is -0.735. The Morgan fingerprint density at radius 2 is 1.51 bits per heavy atom. The normalized spacial score (nSPS) is 29.1. The number of fused-ring (bicyclic) bond motifs is 1. The summed E-state index contributed by atoms with van der Waals surface area (Å²) in [5.41, 5.74) is 0.900. The Labute approximate surface area is 240 Å². The minimum Gasteiger partial charge on any atom is -0.378 e. The third-order valence-electron chi connectivity index (χ3n) is 9.77. The monoisotopic (exact) mass is 600 g/mol. The van der Waals surface area contributed by atoms with Crippen molar-refractivity contribution in [1.29, 1.82) is 0 Å². The van der Waals surface area contributed by atoms with Crippen LogP contribution in [0.5, 0.6) is 0 Å². The summed E-state index contributed by atoms with van der Waals surface area (Å²) in [6, 6.07) is 3.58. The fourth-order valence-corrected chi connectivity index (χ4v) is 8.72. The maximum absolute atomic E-state index is 14.2. The number of piperidine rings is 3. The number of alkyl halides is 3. The first-order valence-electron chi connectivity index (χ1n) is 14.6. The highest BCUT2D eigenvalue weighted by Gasteiger charge is 2.71. The molecule has 4 heterocycles. The van der Waals surface area contributed by atoms with E-state index in [2.05, 4.69) is 6.92 Å². The number of hydrogen-bond donors (Lipinski definition) is 0. The molecule has 0 spiro atoms. The third kappa shape index (κ3) is 5.80. The molecule has 228 valence electrons. The number of carbonyl (C=O) groups is 1. The van der Waals surface area contributed by atoms with Gasteiger partial charge in [-0.15, -0.1) is 5.01 Å². The van der Waals surface area contributed by atoms with E-state index < -0.39 is 40.1 Å². The topological polar surface area (TPSA) is 84.2 Å². The number of carbonyl (C=O) groups excluding carboxylic acids is 1. The van der Waals surface area contributed by atoms with Gasteiger partial charge >= 0.3 is 12.2 Å². The average molecular weight is 601 g/mol. The van der Waals surface area contributed by atoms with E-state index in [1.54, 1.807) is 24.3 Å². The number of hydrogen-bond acceptors (Lipinski definition) is 5. The van der Waals surface area contributed by atoms with E-state index in [4.69, 9.17) is 0 Å². The number of halogens is 3. The van der Waals surface area contributed by atoms with Gasteiger partial charge in [-0.2, -0.15) is 17.5 Å². The minimum atomic E-state index is -4.82. The molecule has 9 nitrogen and oxygen atoms in total. The molecule has 41 heavy (non-hydrogen) atoms. The Balaban J connectivity index is 1.27. The zero-order valence-corrected chi connectivity index (χ0v) is 24.8. The molecular weight excluding hydrogens is 559 g/mol. The van der Waals surface area contributed by atoms with Crippen molar-refractivity contribution in [2.45, 2.75) is 68.6 Å². The Morgan fingerprint density at radius 1 is 0.927 bits per heavy atom. The molecule has 1 aromatic carbocycles. The highest BCUT2D eigenvalue weighted by Crippen LogP contribution is 2.46. The van der Waals surface area contributed by atoms with Crippen LogP contribution < -0.4 is 4.90 Å². The number of nitrogens with zero attached hydrogens (tertiary/aromatic N) is 5. The molecule has 5 rings (SSSR count). The van der Waals surface area contributed by atoms with Crippen LogP contribution >= 0.6 is 0 Å². The molecule has 0 aromatic heterocycles. The molecule has 4 aliphatic heterocycles. The molecule has 0 aliphatic carbocycles. The van der Waals surface area contributed by atoms with Gasteiger partial charge in [-0.25, -0.2) is 8.42 Å². The molecule has 4 fully saturated rings. The zero-order valence-electron chi connectivity index (χ0n) is 24.0. The van der Waals surface area contributed by atoms with Crippen LogP contribution in [0.4, 0.5) is 18.9 Å². The first-order valence-corrected chi connectivity index (χ1v) is 16.1. The fraction of sp³-hybridized carbons (Fsp3) is 0.750. The van der Waals surface area contributed by atoms with E-state index >= 15 is 0 Å². The summed E-state index contributed by atoms with van der Waals surface area (Å²) in [7, 11) is 0.110. The van der Waals surface area contributed by atoms with Gasteiger partial charge in [-0.3, -0.25) is 4.79 Å². The number of hydrazine groups is 1. The number of amides is 1. The maximum atomic E-state index is 14.2. The van der Waals surface area contributed by atoms with Crippen LogP contribution in [0.25, 0.3) is 0 Å². The Bertz CT molecular complexity index is 1230. The van der Waals surface area contributed by atoms with Crippen LogP contribution in [0.15, 0.2) is 29.2 Å². The fourth-order valence-electron chi connectivity index (χ4n) is 7.25. The molecule has 4 saturated heterocycles. The molecule has 4 aliphatic rings. The van der Waals surface area contributed by atoms with Gasteiger partial charge in [0.15, 0.2) is 0 Å². The quantitative estimate of drug-likeness (QED) is 0.479. The van der Waals surface area contributed by atoms with E-state index in [9.17, 15) is 31.3 Å². The Kier molecular flexibility index (Phi) is 8.32. The molecule has 4 unspecified atom stereocenters. The lowest BCUT2D eigenvalue weighted by Crippen LogP contribution is -2.52.